The molecule has 0 unspecified atom stereocenters. The molecule has 0 aliphatic carbocycles. The van der Waals surface area contributed by atoms with E-state index in [1.165, 1.54) is 0 Å². The van der Waals surface area contributed by atoms with Gasteiger partial charge in [0, 0.05) is 17.7 Å². The van der Waals surface area contributed by atoms with Gasteiger partial charge in [-0.2, -0.15) is 0 Å². The number of aromatic nitrogens is 2. The van der Waals surface area contributed by atoms with Crippen LogP contribution >= 0.6 is 11.3 Å². The van der Waals surface area contributed by atoms with Crippen LogP contribution in [0.4, 0.5) is 0 Å². The molecule has 0 aliphatic heterocycles. The Balaban J connectivity index is 1.40. The van der Waals surface area contributed by atoms with Crippen molar-refractivity contribution in [2.75, 3.05) is 0 Å². The van der Waals surface area contributed by atoms with Gasteiger partial charge in [0.15, 0.2) is 17.2 Å². The van der Waals surface area contributed by atoms with Crippen molar-refractivity contribution < 1.29 is 18.6 Å². The molecule has 7 heteroatoms. The maximum atomic E-state index is 12.1. The van der Waals surface area contributed by atoms with Gasteiger partial charge >= 0.3 is 5.97 Å². The summed E-state index contributed by atoms with van der Waals surface area (Å²) in [6.07, 6.45) is 0. The number of hydrogen-bond donors (Lipinski definition) is 0. The van der Waals surface area contributed by atoms with Crippen molar-refractivity contribution in [1.82, 2.24) is 10.3 Å². The van der Waals surface area contributed by atoms with Crippen LogP contribution in [0.15, 0.2) is 69.0 Å². The first-order valence-corrected chi connectivity index (χ1v) is 8.36. The van der Waals surface area contributed by atoms with Crippen LogP contribution in [0.1, 0.15) is 16.2 Å². The highest BCUT2D eigenvalue weighted by molar-refractivity contribution is 7.13. The molecule has 124 valence electrons. The van der Waals surface area contributed by atoms with E-state index in [2.05, 4.69) is 10.3 Å². The lowest BCUT2D eigenvalue weighted by Gasteiger charge is -1.97. The van der Waals surface area contributed by atoms with Gasteiger partial charge in [0.25, 0.3) is 0 Å². The largest absolute Gasteiger partial charge is 0.454 e. The van der Waals surface area contributed by atoms with E-state index in [0.29, 0.717) is 17.2 Å². The lowest BCUT2D eigenvalue weighted by atomic mass is 10.2. The van der Waals surface area contributed by atoms with Crippen LogP contribution in [-0.4, -0.2) is 16.3 Å². The van der Waals surface area contributed by atoms with E-state index in [-0.39, 0.29) is 12.3 Å². The number of hydrogen-bond acceptors (Lipinski definition) is 7. The number of carbonyl (C=O) groups is 1. The van der Waals surface area contributed by atoms with Crippen LogP contribution in [0.5, 0.6) is 0 Å². The molecule has 0 aliphatic rings. The third-order valence-corrected chi connectivity index (χ3v) is 4.34. The van der Waals surface area contributed by atoms with Crippen molar-refractivity contribution in [3.05, 3.63) is 71.4 Å². The zero-order valence-electron chi connectivity index (χ0n) is 12.9. The molecule has 0 spiro atoms. The average Bonchev–Trinajstić information content (AvgIpc) is 3.41. The molecule has 0 atom stereocenters. The van der Waals surface area contributed by atoms with Gasteiger partial charge in [0.2, 0.25) is 0 Å². The molecule has 4 aromatic rings. The van der Waals surface area contributed by atoms with Crippen molar-refractivity contribution in [2.45, 2.75) is 6.61 Å². The van der Waals surface area contributed by atoms with E-state index in [1.54, 1.807) is 23.5 Å². The summed E-state index contributed by atoms with van der Waals surface area (Å²) in [5.74, 6) is 0.578. The summed E-state index contributed by atoms with van der Waals surface area (Å²) in [5, 5.41) is 9.61. The molecule has 3 heterocycles. The summed E-state index contributed by atoms with van der Waals surface area (Å²) in [6.45, 7) is 0.00123. The lowest BCUT2D eigenvalue weighted by Crippen LogP contribution is -2.05. The summed E-state index contributed by atoms with van der Waals surface area (Å²) >= 11 is 1.55. The Bertz CT molecular complexity index is 974. The fraction of sp³-hybridized carbons (Fsp3) is 0.0556. The maximum absolute atomic E-state index is 12.1. The number of rotatable bonds is 5. The summed E-state index contributed by atoms with van der Waals surface area (Å²) in [7, 11) is 0. The molecule has 0 saturated heterocycles. The first-order chi connectivity index (χ1) is 12.3. The molecule has 1 aromatic carbocycles. The van der Waals surface area contributed by atoms with E-state index >= 15 is 0 Å². The van der Waals surface area contributed by atoms with Gasteiger partial charge < -0.3 is 13.8 Å². The van der Waals surface area contributed by atoms with Crippen LogP contribution in [0.3, 0.4) is 0 Å². The number of carbonyl (C=O) groups excluding carboxylic acids is 1. The molecule has 0 saturated carbocycles. The van der Waals surface area contributed by atoms with Gasteiger partial charge in [-0.15, -0.1) is 11.3 Å². The molecule has 4 rings (SSSR count). The monoisotopic (exact) mass is 352 g/mol. The quantitative estimate of drug-likeness (QED) is 0.495. The van der Waals surface area contributed by atoms with E-state index < -0.39 is 5.97 Å². The van der Waals surface area contributed by atoms with E-state index in [1.807, 2.05) is 47.8 Å². The summed E-state index contributed by atoms with van der Waals surface area (Å²) < 4.78 is 15.7. The Morgan fingerprint density at radius 1 is 1.00 bits per heavy atom. The summed E-state index contributed by atoms with van der Waals surface area (Å²) in [6, 6.07) is 16.6. The van der Waals surface area contributed by atoms with Gasteiger partial charge in [-0.3, -0.25) is 0 Å². The predicted molar refractivity (Wildman–Crippen MR) is 90.9 cm³/mol. The molecule has 0 fully saturated rings. The Morgan fingerprint density at radius 3 is 2.64 bits per heavy atom. The summed E-state index contributed by atoms with van der Waals surface area (Å²) in [5.41, 5.74) is 1.48. The van der Waals surface area contributed by atoms with Crippen molar-refractivity contribution in [3.8, 4) is 22.0 Å². The Kier molecular flexibility index (Phi) is 4.14. The number of ether oxygens (including phenoxy) is 1. The van der Waals surface area contributed by atoms with Crippen LogP contribution in [0.25, 0.3) is 22.0 Å². The Hall–Kier alpha value is -3.19. The zero-order valence-corrected chi connectivity index (χ0v) is 13.7. The van der Waals surface area contributed by atoms with Gasteiger partial charge in [0.1, 0.15) is 12.3 Å². The minimum absolute atomic E-state index is 0.00123. The smallest absolute Gasteiger partial charge is 0.360 e. The number of nitrogens with zero attached hydrogens (tertiary/aromatic N) is 2. The first-order valence-electron chi connectivity index (χ1n) is 7.48. The lowest BCUT2D eigenvalue weighted by molar-refractivity contribution is 0.0452. The minimum atomic E-state index is -0.577. The van der Waals surface area contributed by atoms with E-state index in [9.17, 15) is 4.79 Å². The molecule has 3 aromatic heterocycles. The predicted octanol–water partition coefficient (Wildman–Crippen LogP) is 4.42. The molecule has 25 heavy (non-hydrogen) atoms. The highest BCUT2D eigenvalue weighted by Gasteiger charge is 2.16. The highest BCUT2D eigenvalue weighted by Crippen LogP contribution is 2.25. The van der Waals surface area contributed by atoms with Gasteiger partial charge in [-0.1, -0.05) is 46.7 Å². The van der Waals surface area contributed by atoms with Crippen molar-refractivity contribution in [1.29, 1.82) is 0 Å². The SMILES string of the molecule is O=C(OCc1cc(-c2cccs2)on1)c1cc(-c2ccccc2)on1. The zero-order chi connectivity index (χ0) is 17.1. The maximum Gasteiger partial charge on any atom is 0.360 e. The van der Waals surface area contributed by atoms with Gasteiger partial charge in [-0.05, 0) is 11.4 Å². The van der Waals surface area contributed by atoms with Crippen LogP contribution < -0.4 is 0 Å². The topological polar surface area (TPSA) is 78.4 Å². The van der Waals surface area contributed by atoms with Crippen molar-refractivity contribution in [3.63, 3.8) is 0 Å². The molecule has 0 N–H and O–H groups in total. The van der Waals surface area contributed by atoms with Crippen LogP contribution in [0, 0.1) is 0 Å². The standard InChI is InChI=1S/C18H12N2O4S/c21-18(14-10-15(23-20-14)12-5-2-1-3-6-12)22-11-13-9-16(24-19-13)17-7-4-8-25-17/h1-10H,11H2. The molecule has 0 radical (unpaired) electrons. The normalized spacial score (nSPS) is 10.7. The van der Waals surface area contributed by atoms with Gasteiger partial charge in [-0.25, -0.2) is 4.79 Å². The first kappa shape index (κ1) is 15.3. The average molecular weight is 352 g/mol. The Morgan fingerprint density at radius 2 is 1.84 bits per heavy atom. The fourth-order valence-corrected chi connectivity index (χ4v) is 2.91. The number of thiophene rings is 1. The van der Waals surface area contributed by atoms with Crippen LogP contribution in [-0.2, 0) is 11.3 Å². The second kappa shape index (κ2) is 6.74. The third kappa shape index (κ3) is 3.36. The highest BCUT2D eigenvalue weighted by atomic mass is 32.1. The Labute approximate surface area is 146 Å². The number of esters is 1. The minimum Gasteiger partial charge on any atom is -0.454 e. The molecular formula is C18H12N2O4S. The molecule has 0 bridgehead atoms. The van der Waals surface area contributed by atoms with E-state index in [4.69, 9.17) is 13.8 Å². The number of benzene rings is 1. The molecular weight excluding hydrogens is 340 g/mol. The van der Waals surface area contributed by atoms with Gasteiger partial charge in [0.05, 0.1) is 4.88 Å². The second-order valence-electron chi connectivity index (χ2n) is 5.18. The van der Waals surface area contributed by atoms with Crippen molar-refractivity contribution >= 4 is 17.3 Å². The third-order valence-electron chi connectivity index (χ3n) is 3.45. The summed E-state index contributed by atoms with van der Waals surface area (Å²) in [4.78, 5) is 13.1. The molecule has 6 nitrogen and oxygen atoms in total. The molecule has 0 amide bonds. The fourth-order valence-electron chi connectivity index (χ4n) is 2.24. The second-order valence-corrected chi connectivity index (χ2v) is 6.13. The van der Waals surface area contributed by atoms with Crippen LogP contribution in [0.2, 0.25) is 0 Å². The van der Waals surface area contributed by atoms with E-state index in [0.717, 1.165) is 10.4 Å². The van der Waals surface area contributed by atoms with Crippen molar-refractivity contribution in [2.24, 2.45) is 0 Å².